The van der Waals surface area contributed by atoms with Crippen LogP contribution in [0, 0.1) is 12.8 Å². The van der Waals surface area contributed by atoms with Crippen molar-refractivity contribution in [3.8, 4) is 0 Å². The summed E-state index contributed by atoms with van der Waals surface area (Å²) in [6.07, 6.45) is -9.47. The summed E-state index contributed by atoms with van der Waals surface area (Å²) in [5.74, 6) is -5.70. The molecule has 0 spiro atoms. The molecule has 0 aliphatic heterocycles. The zero-order valence-electron chi connectivity index (χ0n) is 28.8. The number of Topliss-reactive ketones (excluding diaryl/α,β-unsaturated/α-hetero) is 1. The van der Waals surface area contributed by atoms with Crippen LogP contribution in [-0.4, -0.2) is 19.9 Å². The number of benzene rings is 1. The molecule has 0 saturated heterocycles. The molecule has 0 radical (unpaired) electrons. The quantitative estimate of drug-likeness (QED) is 0.729. The smallest absolute Gasteiger partial charge is 0.170 e. The van der Waals surface area contributed by atoms with Crippen molar-refractivity contribution in [1.29, 1.82) is 0 Å². The molecule has 112 valence electrons. The summed E-state index contributed by atoms with van der Waals surface area (Å²) in [6, 6.07) is -3.81. The maximum absolute atomic E-state index is 14.1. The van der Waals surface area contributed by atoms with E-state index in [2.05, 4.69) is 4.98 Å². The molecule has 4 rings (SSSR count). The monoisotopic (exact) mass is 311 g/mol. The van der Waals surface area contributed by atoms with Crippen LogP contribution in [0.2, 0.25) is 0 Å². The van der Waals surface area contributed by atoms with Gasteiger partial charge in [0.25, 0.3) is 0 Å². The number of nitrogens with zero attached hydrogens (tertiary/aromatic N) is 3. The molecule has 0 fully saturated rings. The lowest BCUT2D eigenvalue weighted by Crippen LogP contribution is -2.27. The number of hydrogen-bond donors (Lipinski definition) is 0. The third kappa shape index (κ3) is 1.83. The number of rotatable bonds is 2. The van der Waals surface area contributed by atoms with E-state index in [1.54, 1.807) is 0 Å². The zero-order chi connectivity index (χ0) is 30.9. The fourth-order valence-corrected chi connectivity index (χ4v) is 2.25. The molecular formula is C18H19N3O. The molecule has 0 amide bonds. The average molecular weight is 311 g/mol. The van der Waals surface area contributed by atoms with Gasteiger partial charge in [-0.3, -0.25) is 4.79 Å². The van der Waals surface area contributed by atoms with Gasteiger partial charge in [-0.15, -0.1) is 0 Å². The minimum atomic E-state index is -3.68. The Morgan fingerprint density at radius 1 is 1.55 bits per heavy atom. The third-order valence-corrected chi connectivity index (χ3v) is 3.24. The Balaban J connectivity index is 2.23. The molecule has 0 bridgehead atoms. The first-order valence-corrected chi connectivity index (χ1v) is 6.11. The minimum Gasteiger partial charge on any atom is -0.347 e. The highest BCUT2D eigenvalue weighted by Gasteiger charge is 2.32. The molecule has 22 heavy (non-hydrogen) atoms. The van der Waals surface area contributed by atoms with Gasteiger partial charge in [0.15, 0.2) is 5.78 Å². The topological polar surface area (TPSA) is 39.8 Å². The van der Waals surface area contributed by atoms with E-state index in [0.717, 1.165) is 0 Å². The summed E-state index contributed by atoms with van der Waals surface area (Å²) in [4.78, 5) is 17.4. The number of carbonyl (C=O) groups excluding carboxylic acids is 1. The third-order valence-electron chi connectivity index (χ3n) is 3.24. The predicted octanol–water partition coefficient (Wildman–Crippen LogP) is 3.13. The maximum Gasteiger partial charge on any atom is 0.170 e. The Hall–Kier alpha value is -2.36. The van der Waals surface area contributed by atoms with E-state index >= 15 is 0 Å². The van der Waals surface area contributed by atoms with Crippen LogP contribution in [0.5, 0.6) is 0 Å². The van der Waals surface area contributed by atoms with E-state index in [-0.39, 0.29) is 9.13 Å². The van der Waals surface area contributed by atoms with Gasteiger partial charge in [-0.25, -0.2) is 4.98 Å². The van der Waals surface area contributed by atoms with Crippen molar-refractivity contribution in [1.82, 2.24) is 14.1 Å². The highest BCUT2D eigenvalue weighted by molar-refractivity contribution is 6.11. The fraction of sp³-hybridized carbons (Fsp3) is 0.333. The number of aromatic nitrogens is 3. The van der Waals surface area contributed by atoms with Gasteiger partial charge in [-0.1, -0.05) is 18.1 Å². The van der Waals surface area contributed by atoms with Gasteiger partial charge >= 0.3 is 0 Å². The normalized spacial score (nSPS) is 36.2. The summed E-state index contributed by atoms with van der Waals surface area (Å²) >= 11 is 0. The van der Waals surface area contributed by atoms with Crippen molar-refractivity contribution < 1.29 is 29.5 Å². The summed E-state index contributed by atoms with van der Waals surface area (Å²) < 4.78 is 147. The lowest BCUT2D eigenvalue weighted by molar-refractivity contribution is 0.0888. The Kier molecular flexibility index (Phi) is 0.908. The molecule has 1 aromatic carbocycles. The van der Waals surface area contributed by atoms with Crippen LogP contribution >= 0.6 is 0 Å². The van der Waals surface area contributed by atoms with Crippen LogP contribution in [0.4, 0.5) is 0 Å². The highest BCUT2D eigenvalue weighted by atomic mass is 16.1. The van der Waals surface area contributed by atoms with E-state index in [1.165, 1.54) is 0 Å². The van der Waals surface area contributed by atoms with Gasteiger partial charge in [0, 0.05) is 67.6 Å². The average Bonchev–Trinajstić information content (AvgIpc) is 3.31. The predicted molar refractivity (Wildman–Crippen MR) is 86.0 cm³/mol. The first-order valence-electron chi connectivity index (χ1n) is 15.1. The molecule has 1 aliphatic rings. The first kappa shape index (κ1) is 4.13. The van der Waals surface area contributed by atoms with Crippen molar-refractivity contribution in [3.63, 3.8) is 0 Å². The SMILES string of the molecule is [2H]c1nc(C([2H])([2H])[2H])n(C([2H])([2H])C2C(=O)c3c(n(C([2H])([2H])[2H])c4c([2H])c([2H])c([2H])c([2H])c34)C([2H])([2H])C2([2H])[2H])c1[2H]. The van der Waals surface area contributed by atoms with E-state index in [4.69, 9.17) is 24.7 Å². The van der Waals surface area contributed by atoms with E-state index in [0.29, 0.717) is 0 Å². The molecule has 2 heterocycles. The van der Waals surface area contributed by atoms with Crippen LogP contribution in [0.15, 0.2) is 36.5 Å². The van der Waals surface area contributed by atoms with Gasteiger partial charge in [0.2, 0.25) is 0 Å². The number of carbonyl (C=O) groups is 1. The second-order valence-corrected chi connectivity index (χ2v) is 4.47. The van der Waals surface area contributed by atoms with Gasteiger partial charge in [0.1, 0.15) is 5.82 Å². The van der Waals surface area contributed by atoms with Crippen molar-refractivity contribution in [2.45, 2.75) is 26.1 Å². The van der Waals surface area contributed by atoms with Crippen molar-refractivity contribution in [3.05, 3.63) is 53.6 Å². The summed E-state index contributed by atoms with van der Waals surface area (Å²) in [5.41, 5.74) is -3.04. The standard InChI is InChI=1S/C18H19N3O/c1-12-19-9-10-21(12)11-13-7-8-16-17(18(13)22)14-5-3-4-6-15(14)20(16)2/h3-6,9-10,13H,7-8,11H2,1-2H3/i1D3,2D3,3D,4D,5D,6D,7D2,8D2,9D,10D,11D2. The Morgan fingerprint density at radius 3 is 3.32 bits per heavy atom. The first-order chi connectivity index (χ1) is 17.8. The molecule has 4 heteroatoms. The summed E-state index contributed by atoms with van der Waals surface area (Å²) in [6.45, 7) is -10.3. The van der Waals surface area contributed by atoms with Crippen LogP contribution < -0.4 is 0 Å². The van der Waals surface area contributed by atoms with E-state index in [9.17, 15) is 4.79 Å². The molecule has 1 aliphatic carbocycles. The summed E-state index contributed by atoms with van der Waals surface area (Å²) in [7, 11) is 0. The van der Waals surface area contributed by atoms with Gasteiger partial charge in [-0.2, -0.15) is 0 Å². The summed E-state index contributed by atoms with van der Waals surface area (Å²) in [5, 5.41) is -0.795. The number of para-hydroxylation sites is 1. The van der Waals surface area contributed by atoms with Crippen molar-refractivity contribution in [2.75, 3.05) is 0 Å². The van der Waals surface area contributed by atoms with E-state index in [1.807, 2.05) is 0 Å². The van der Waals surface area contributed by atoms with Crippen molar-refractivity contribution in [2.24, 2.45) is 12.9 Å². The fourth-order valence-electron chi connectivity index (χ4n) is 2.25. The van der Waals surface area contributed by atoms with Crippen LogP contribution in [0.25, 0.3) is 10.9 Å². The molecule has 1 atom stereocenters. The lowest BCUT2D eigenvalue weighted by Gasteiger charge is -2.23. The number of imidazole rings is 1. The number of aryl methyl sites for hydroxylation is 2. The minimum absolute atomic E-state index is 0.0118. The molecular weight excluding hydrogens is 274 g/mol. The molecule has 0 saturated carbocycles. The zero-order valence-corrected chi connectivity index (χ0v) is 10.8. The second-order valence-electron chi connectivity index (χ2n) is 4.47. The molecule has 1 unspecified atom stereocenters. The Bertz CT molecular complexity index is 1590. The second kappa shape index (κ2) is 4.83. The molecule has 2 aromatic heterocycles. The number of fused-ring (bicyclic) bond motifs is 3. The molecule has 4 nitrogen and oxygen atoms in total. The molecule has 3 aromatic rings. The van der Waals surface area contributed by atoms with Crippen LogP contribution in [-0.2, 0) is 19.8 Å². The van der Waals surface area contributed by atoms with Crippen LogP contribution in [0.3, 0.4) is 0 Å². The molecule has 0 N–H and O–H groups in total. The largest absolute Gasteiger partial charge is 0.347 e. The van der Waals surface area contributed by atoms with Gasteiger partial charge in [0.05, 0.1) is 11.0 Å². The number of hydrogen-bond acceptors (Lipinski definition) is 2. The van der Waals surface area contributed by atoms with Crippen molar-refractivity contribution >= 4 is 16.7 Å². The van der Waals surface area contributed by atoms with Crippen LogP contribution in [0.1, 0.15) is 52.9 Å². The highest BCUT2D eigenvalue weighted by Crippen LogP contribution is 2.34. The maximum atomic E-state index is 14.1. The Labute approximate surface area is 154 Å². The lowest BCUT2D eigenvalue weighted by atomic mass is 9.85. The van der Waals surface area contributed by atoms with Gasteiger partial charge < -0.3 is 9.13 Å². The van der Waals surface area contributed by atoms with E-state index < -0.39 is 109 Å². The number of ketones is 1. The van der Waals surface area contributed by atoms with Gasteiger partial charge in [-0.05, 0) is 25.6 Å². The Morgan fingerprint density at radius 2 is 2.45 bits per heavy atom.